The van der Waals surface area contributed by atoms with E-state index < -0.39 is 17.9 Å². The van der Waals surface area contributed by atoms with Crippen LogP contribution in [0.2, 0.25) is 0 Å². The molecule has 1 aromatic rings. The number of anilines is 1. The number of rotatable bonds is 4. The molecule has 0 fully saturated rings. The zero-order valence-electron chi connectivity index (χ0n) is 10.1. The number of nitrogens with two attached hydrogens (primary N) is 1. The molecule has 0 saturated carbocycles. The number of nitrogens with zero attached hydrogens (tertiary/aromatic N) is 2. The van der Waals surface area contributed by atoms with Crippen LogP contribution in [0.1, 0.15) is 12.6 Å². The molecule has 3 N–H and O–H groups in total. The SMILES string of the molecule is CCOC(=O)C(N)C(=O)Nc1cc(C)nn1C. The number of carbonyl (C=O) groups excluding carboxylic acids is 2. The maximum Gasteiger partial charge on any atom is 0.332 e. The number of nitrogens with one attached hydrogen (secondary N) is 1. The lowest BCUT2D eigenvalue weighted by Gasteiger charge is -2.10. The van der Waals surface area contributed by atoms with Crippen molar-refractivity contribution in [3.63, 3.8) is 0 Å². The van der Waals surface area contributed by atoms with Crippen LogP contribution < -0.4 is 11.1 Å². The van der Waals surface area contributed by atoms with Gasteiger partial charge in [-0.15, -0.1) is 0 Å². The third kappa shape index (κ3) is 3.28. The average Bonchev–Trinajstić information content (AvgIpc) is 2.56. The largest absolute Gasteiger partial charge is 0.464 e. The number of carbonyl (C=O) groups is 2. The van der Waals surface area contributed by atoms with E-state index in [1.165, 1.54) is 4.68 Å². The second kappa shape index (κ2) is 5.44. The molecule has 1 amide bonds. The van der Waals surface area contributed by atoms with Crippen molar-refractivity contribution >= 4 is 17.7 Å². The van der Waals surface area contributed by atoms with Crippen LogP contribution >= 0.6 is 0 Å². The Balaban J connectivity index is 2.66. The van der Waals surface area contributed by atoms with Gasteiger partial charge in [0.2, 0.25) is 0 Å². The summed E-state index contributed by atoms with van der Waals surface area (Å²) >= 11 is 0. The van der Waals surface area contributed by atoms with E-state index in [4.69, 9.17) is 5.73 Å². The number of aryl methyl sites for hydroxylation is 2. The van der Waals surface area contributed by atoms with Crippen LogP contribution in [-0.4, -0.2) is 34.3 Å². The Morgan fingerprint density at radius 3 is 2.76 bits per heavy atom. The number of aromatic nitrogens is 2. The molecular weight excluding hydrogens is 224 g/mol. The minimum atomic E-state index is -1.33. The lowest BCUT2D eigenvalue weighted by Crippen LogP contribution is -2.43. The number of hydrogen-bond acceptors (Lipinski definition) is 5. The minimum Gasteiger partial charge on any atom is -0.464 e. The molecule has 0 radical (unpaired) electrons. The van der Waals surface area contributed by atoms with Crippen molar-refractivity contribution in [3.05, 3.63) is 11.8 Å². The summed E-state index contributed by atoms with van der Waals surface area (Å²) < 4.78 is 6.14. The van der Waals surface area contributed by atoms with Gasteiger partial charge in [0.05, 0.1) is 12.3 Å². The first-order chi connectivity index (χ1) is 7.95. The van der Waals surface area contributed by atoms with Crippen molar-refractivity contribution in [1.29, 1.82) is 0 Å². The number of ether oxygens (including phenoxy) is 1. The van der Waals surface area contributed by atoms with Crippen LogP contribution in [0.25, 0.3) is 0 Å². The fraction of sp³-hybridized carbons (Fsp3) is 0.500. The molecule has 94 valence electrons. The molecule has 17 heavy (non-hydrogen) atoms. The highest BCUT2D eigenvalue weighted by molar-refractivity contribution is 6.07. The summed E-state index contributed by atoms with van der Waals surface area (Å²) in [4.78, 5) is 22.8. The quantitative estimate of drug-likeness (QED) is 0.549. The fourth-order valence-electron chi connectivity index (χ4n) is 1.27. The molecule has 1 unspecified atom stereocenters. The number of esters is 1. The van der Waals surface area contributed by atoms with E-state index >= 15 is 0 Å². The zero-order valence-corrected chi connectivity index (χ0v) is 10.1. The van der Waals surface area contributed by atoms with E-state index in [1.54, 1.807) is 27.0 Å². The maximum atomic E-state index is 11.6. The van der Waals surface area contributed by atoms with Crippen molar-refractivity contribution < 1.29 is 14.3 Å². The summed E-state index contributed by atoms with van der Waals surface area (Å²) in [7, 11) is 1.68. The van der Waals surface area contributed by atoms with Gasteiger partial charge >= 0.3 is 5.97 Å². The Kier molecular flexibility index (Phi) is 4.22. The van der Waals surface area contributed by atoms with Gasteiger partial charge in [0.25, 0.3) is 5.91 Å². The number of amides is 1. The Hall–Kier alpha value is -1.89. The van der Waals surface area contributed by atoms with Crippen molar-refractivity contribution in [3.8, 4) is 0 Å². The van der Waals surface area contributed by atoms with E-state index in [0.717, 1.165) is 5.69 Å². The Bertz CT molecular complexity index is 427. The summed E-state index contributed by atoms with van der Waals surface area (Å²) in [6, 6.07) is 0.348. The van der Waals surface area contributed by atoms with Gasteiger partial charge in [-0.1, -0.05) is 0 Å². The normalized spacial score (nSPS) is 12.0. The minimum absolute atomic E-state index is 0.185. The second-order valence-electron chi connectivity index (χ2n) is 3.51. The highest BCUT2D eigenvalue weighted by atomic mass is 16.5. The van der Waals surface area contributed by atoms with Gasteiger partial charge in [0, 0.05) is 13.1 Å². The summed E-state index contributed by atoms with van der Waals surface area (Å²) in [6.45, 7) is 3.62. The van der Waals surface area contributed by atoms with Crippen LogP contribution in [0.5, 0.6) is 0 Å². The molecule has 7 nitrogen and oxygen atoms in total. The fourth-order valence-corrected chi connectivity index (χ4v) is 1.27. The molecule has 0 bridgehead atoms. The van der Waals surface area contributed by atoms with Crippen LogP contribution in [0.3, 0.4) is 0 Å². The molecule has 1 atom stereocenters. The van der Waals surface area contributed by atoms with E-state index in [1.807, 2.05) is 0 Å². The molecule has 0 spiro atoms. The molecule has 0 aliphatic rings. The van der Waals surface area contributed by atoms with E-state index in [2.05, 4.69) is 15.2 Å². The van der Waals surface area contributed by atoms with Gasteiger partial charge in [-0.3, -0.25) is 9.48 Å². The molecule has 1 heterocycles. The van der Waals surface area contributed by atoms with Crippen LogP contribution in [-0.2, 0) is 21.4 Å². The third-order valence-electron chi connectivity index (χ3n) is 2.08. The Labute approximate surface area is 98.9 Å². The first kappa shape index (κ1) is 13.2. The smallest absolute Gasteiger partial charge is 0.332 e. The summed E-state index contributed by atoms with van der Waals surface area (Å²) in [5.74, 6) is -0.886. The van der Waals surface area contributed by atoms with E-state index in [-0.39, 0.29) is 6.61 Å². The van der Waals surface area contributed by atoms with E-state index in [0.29, 0.717) is 5.82 Å². The molecule has 1 rings (SSSR count). The Morgan fingerprint density at radius 1 is 1.65 bits per heavy atom. The van der Waals surface area contributed by atoms with Crippen molar-refractivity contribution in [2.75, 3.05) is 11.9 Å². The monoisotopic (exact) mass is 240 g/mol. The lowest BCUT2D eigenvalue weighted by molar-refractivity contribution is -0.146. The maximum absolute atomic E-state index is 11.6. The molecule has 1 aromatic heterocycles. The zero-order chi connectivity index (χ0) is 13.0. The van der Waals surface area contributed by atoms with Crippen LogP contribution in [0.15, 0.2) is 6.07 Å². The predicted octanol–water partition coefficient (Wildman–Crippen LogP) is -0.443. The number of hydrogen-bond donors (Lipinski definition) is 2. The van der Waals surface area contributed by atoms with Gasteiger partial charge < -0.3 is 15.8 Å². The van der Waals surface area contributed by atoms with Crippen LogP contribution in [0, 0.1) is 6.92 Å². The van der Waals surface area contributed by atoms with E-state index in [9.17, 15) is 9.59 Å². The van der Waals surface area contributed by atoms with Crippen molar-refractivity contribution in [2.24, 2.45) is 12.8 Å². The van der Waals surface area contributed by atoms with Gasteiger partial charge in [-0.05, 0) is 13.8 Å². The van der Waals surface area contributed by atoms with Crippen molar-refractivity contribution in [1.82, 2.24) is 9.78 Å². The lowest BCUT2D eigenvalue weighted by atomic mass is 10.3. The van der Waals surface area contributed by atoms with Gasteiger partial charge in [-0.2, -0.15) is 5.10 Å². The average molecular weight is 240 g/mol. The first-order valence-corrected chi connectivity index (χ1v) is 5.19. The second-order valence-corrected chi connectivity index (χ2v) is 3.51. The summed E-state index contributed by atoms with van der Waals surface area (Å²) in [5.41, 5.74) is 6.19. The third-order valence-corrected chi connectivity index (χ3v) is 2.08. The summed E-state index contributed by atoms with van der Waals surface area (Å²) in [5, 5.41) is 6.56. The summed E-state index contributed by atoms with van der Waals surface area (Å²) in [6.07, 6.45) is 0. The molecule has 0 aliphatic heterocycles. The van der Waals surface area contributed by atoms with Crippen LogP contribution in [0.4, 0.5) is 5.82 Å². The first-order valence-electron chi connectivity index (χ1n) is 5.19. The highest BCUT2D eigenvalue weighted by Crippen LogP contribution is 2.08. The molecule has 0 saturated heterocycles. The standard InChI is InChI=1S/C10H16N4O3/c1-4-17-10(16)8(11)9(15)12-7-5-6(2)13-14(7)3/h5,8H,4,11H2,1-3H3,(H,12,15). The van der Waals surface area contributed by atoms with Gasteiger partial charge in [-0.25, -0.2) is 4.79 Å². The molecular formula is C10H16N4O3. The van der Waals surface area contributed by atoms with Crippen molar-refractivity contribution in [2.45, 2.75) is 19.9 Å². The predicted molar refractivity (Wildman–Crippen MR) is 61.2 cm³/mol. The van der Waals surface area contributed by atoms with Gasteiger partial charge in [0.1, 0.15) is 5.82 Å². The topological polar surface area (TPSA) is 99.2 Å². The molecule has 0 aliphatic carbocycles. The molecule has 7 heteroatoms. The molecule has 0 aromatic carbocycles. The highest BCUT2D eigenvalue weighted by Gasteiger charge is 2.24. The van der Waals surface area contributed by atoms with Gasteiger partial charge in [0.15, 0.2) is 6.04 Å². The Morgan fingerprint density at radius 2 is 2.29 bits per heavy atom.